The Hall–Kier alpha value is -1.50. The zero-order chi connectivity index (χ0) is 20.1. The van der Waals surface area contributed by atoms with E-state index >= 15 is 0 Å². The smallest absolute Gasteiger partial charge is 0.175 e. The van der Waals surface area contributed by atoms with Crippen LogP contribution in [0.25, 0.3) is 0 Å². The maximum absolute atomic E-state index is 6.02. The number of methoxy groups -OCH3 is 1. The SMILES string of the molecule is COc1cc(CNc2ccc(Br)cc2C)cc(Br)c1OCc1ccc(Br)cc1. The van der Waals surface area contributed by atoms with Crippen LogP contribution >= 0.6 is 47.8 Å². The fourth-order valence-corrected chi connectivity index (χ4v) is 4.12. The minimum atomic E-state index is 0.470. The molecule has 3 nitrogen and oxygen atoms in total. The van der Waals surface area contributed by atoms with Crippen molar-refractivity contribution in [1.29, 1.82) is 0 Å². The molecule has 0 heterocycles. The summed E-state index contributed by atoms with van der Waals surface area (Å²) in [6.07, 6.45) is 0. The van der Waals surface area contributed by atoms with Crippen LogP contribution in [0.15, 0.2) is 68.0 Å². The molecule has 0 aromatic heterocycles. The summed E-state index contributed by atoms with van der Waals surface area (Å²) in [5, 5.41) is 3.48. The quantitative estimate of drug-likeness (QED) is 0.320. The Labute approximate surface area is 190 Å². The van der Waals surface area contributed by atoms with Crippen molar-refractivity contribution in [3.8, 4) is 11.5 Å². The molecule has 0 saturated carbocycles. The third-order valence-electron chi connectivity index (χ3n) is 4.26. The number of hydrogen-bond acceptors (Lipinski definition) is 3. The molecule has 0 radical (unpaired) electrons. The second kappa shape index (κ2) is 9.81. The van der Waals surface area contributed by atoms with Crippen LogP contribution in [0.5, 0.6) is 11.5 Å². The lowest BCUT2D eigenvalue weighted by atomic mass is 10.1. The molecule has 0 aliphatic rings. The lowest BCUT2D eigenvalue weighted by molar-refractivity contribution is 0.282. The van der Waals surface area contributed by atoms with Crippen LogP contribution < -0.4 is 14.8 Å². The minimum absolute atomic E-state index is 0.470. The van der Waals surface area contributed by atoms with Crippen molar-refractivity contribution in [1.82, 2.24) is 0 Å². The Balaban J connectivity index is 1.72. The highest BCUT2D eigenvalue weighted by Gasteiger charge is 2.12. The van der Waals surface area contributed by atoms with E-state index in [4.69, 9.17) is 9.47 Å². The van der Waals surface area contributed by atoms with Gasteiger partial charge >= 0.3 is 0 Å². The molecule has 3 aromatic carbocycles. The number of aryl methyl sites for hydroxylation is 1. The molecule has 0 amide bonds. The molecule has 0 atom stereocenters. The number of hydrogen-bond donors (Lipinski definition) is 1. The van der Waals surface area contributed by atoms with E-state index in [1.165, 1.54) is 5.56 Å². The van der Waals surface area contributed by atoms with Gasteiger partial charge in [0.05, 0.1) is 11.6 Å². The zero-order valence-corrected chi connectivity index (χ0v) is 20.3. The van der Waals surface area contributed by atoms with Gasteiger partial charge in [-0.05, 0) is 82.0 Å². The molecule has 0 fully saturated rings. The Bertz CT molecular complexity index is 959. The van der Waals surface area contributed by atoms with Crippen LogP contribution in [0.3, 0.4) is 0 Å². The van der Waals surface area contributed by atoms with Crippen molar-refractivity contribution in [3.05, 3.63) is 84.7 Å². The van der Waals surface area contributed by atoms with Crippen molar-refractivity contribution in [3.63, 3.8) is 0 Å². The maximum Gasteiger partial charge on any atom is 0.175 e. The highest BCUT2D eigenvalue weighted by Crippen LogP contribution is 2.37. The van der Waals surface area contributed by atoms with E-state index in [0.717, 1.165) is 30.2 Å². The number of anilines is 1. The van der Waals surface area contributed by atoms with Crippen LogP contribution in [0.2, 0.25) is 0 Å². The maximum atomic E-state index is 6.02. The van der Waals surface area contributed by atoms with Gasteiger partial charge in [-0.15, -0.1) is 0 Å². The average molecular weight is 570 g/mol. The predicted molar refractivity (Wildman–Crippen MR) is 125 cm³/mol. The van der Waals surface area contributed by atoms with Gasteiger partial charge in [-0.1, -0.05) is 44.0 Å². The molecule has 0 saturated heterocycles. The molecule has 1 N–H and O–H groups in total. The summed E-state index contributed by atoms with van der Waals surface area (Å²) in [4.78, 5) is 0. The lowest BCUT2D eigenvalue weighted by Crippen LogP contribution is -2.03. The van der Waals surface area contributed by atoms with Gasteiger partial charge in [0.1, 0.15) is 6.61 Å². The van der Waals surface area contributed by atoms with Crippen molar-refractivity contribution in [2.75, 3.05) is 12.4 Å². The molecular weight excluding hydrogens is 550 g/mol. The topological polar surface area (TPSA) is 30.5 Å². The first kappa shape index (κ1) is 21.2. The Morgan fingerprint density at radius 2 is 1.57 bits per heavy atom. The molecule has 3 aromatic rings. The Morgan fingerprint density at radius 1 is 0.857 bits per heavy atom. The van der Waals surface area contributed by atoms with Crippen LogP contribution in [-0.4, -0.2) is 7.11 Å². The fourth-order valence-electron chi connectivity index (χ4n) is 2.77. The van der Waals surface area contributed by atoms with E-state index in [0.29, 0.717) is 24.7 Å². The third-order valence-corrected chi connectivity index (χ3v) is 5.87. The van der Waals surface area contributed by atoms with Crippen molar-refractivity contribution in [2.24, 2.45) is 0 Å². The number of halogens is 3. The molecule has 28 heavy (non-hydrogen) atoms. The molecule has 6 heteroatoms. The molecule has 0 aliphatic heterocycles. The number of rotatable bonds is 7. The van der Waals surface area contributed by atoms with E-state index in [-0.39, 0.29) is 0 Å². The predicted octanol–water partition coefficient (Wildman–Crippen LogP) is 7.48. The van der Waals surface area contributed by atoms with Crippen LogP contribution in [-0.2, 0) is 13.2 Å². The van der Waals surface area contributed by atoms with Crippen LogP contribution in [0, 0.1) is 6.92 Å². The molecule has 146 valence electrons. The summed E-state index contributed by atoms with van der Waals surface area (Å²) < 4.78 is 14.6. The van der Waals surface area contributed by atoms with E-state index < -0.39 is 0 Å². The monoisotopic (exact) mass is 567 g/mol. The van der Waals surface area contributed by atoms with Gasteiger partial charge in [0.2, 0.25) is 0 Å². The second-order valence-corrected chi connectivity index (χ2v) is 9.02. The van der Waals surface area contributed by atoms with Gasteiger partial charge in [-0.3, -0.25) is 0 Å². The molecule has 0 unspecified atom stereocenters. The van der Waals surface area contributed by atoms with Gasteiger partial charge < -0.3 is 14.8 Å². The molecule has 0 aliphatic carbocycles. The summed E-state index contributed by atoms with van der Waals surface area (Å²) in [7, 11) is 1.66. The zero-order valence-electron chi connectivity index (χ0n) is 15.6. The van der Waals surface area contributed by atoms with Gasteiger partial charge in [0.15, 0.2) is 11.5 Å². The molecule has 0 bridgehead atoms. The van der Waals surface area contributed by atoms with Crippen molar-refractivity contribution in [2.45, 2.75) is 20.1 Å². The summed E-state index contributed by atoms with van der Waals surface area (Å²) >= 11 is 10.6. The minimum Gasteiger partial charge on any atom is -0.493 e. The Kier molecular flexibility index (Phi) is 7.43. The van der Waals surface area contributed by atoms with E-state index in [1.807, 2.05) is 36.4 Å². The van der Waals surface area contributed by atoms with Crippen molar-refractivity contribution < 1.29 is 9.47 Å². The summed E-state index contributed by atoms with van der Waals surface area (Å²) in [6.45, 7) is 3.24. The third kappa shape index (κ3) is 5.52. The van der Waals surface area contributed by atoms with Gasteiger partial charge in [-0.25, -0.2) is 0 Å². The van der Waals surface area contributed by atoms with E-state index in [2.05, 4.69) is 78.2 Å². The van der Waals surface area contributed by atoms with Crippen molar-refractivity contribution >= 4 is 53.5 Å². The first-order valence-corrected chi connectivity index (χ1v) is 11.1. The molecule has 0 spiro atoms. The second-order valence-electron chi connectivity index (χ2n) is 6.34. The largest absolute Gasteiger partial charge is 0.493 e. The van der Waals surface area contributed by atoms with Crippen LogP contribution in [0.1, 0.15) is 16.7 Å². The van der Waals surface area contributed by atoms with Crippen LogP contribution in [0.4, 0.5) is 5.69 Å². The molecular formula is C22H20Br3NO2. The van der Waals surface area contributed by atoms with E-state index in [9.17, 15) is 0 Å². The summed E-state index contributed by atoms with van der Waals surface area (Å²) in [6, 6.07) is 18.3. The Morgan fingerprint density at radius 3 is 2.25 bits per heavy atom. The van der Waals surface area contributed by atoms with E-state index in [1.54, 1.807) is 7.11 Å². The molecule has 3 rings (SSSR count). The number of benzene rings is 3. The van der Waals surface area contributed by atoms with Gasteiger partial charge in [0.25, 0.3) is 0 Å². The highest BCUT2D eigenvalue weighted by molar-refractivity contribution is 9.11. The summed E-state index contributed by atoms with van der Waals surface area (Å²) in [5.74, 6) is 1.41. The highest BCUT2D eigenvalue weighted by atomic mass is 79.9. The van der Waals surface area contributed by atoms with Gasteiger partial charge in [0, 0.05) is 21.2 Å². The lowest BCUT2D eigenvalue weighted by Gasteiger charge is -2.16. The first-order chi connectivity index (χ1) is 13.5. The standard InChI is InChI=1S/C22H20Br3NO2/c1-14-9-18(24)7-8-20(14)26-12-16-10-19(25)22(21(11-16)27-2)28-13-15-3-5-17(23)6-4-15/h3-11,26H,12-13H2,1-2H3. The number of ether oxygens (including phenoxy) is 2. The summed E-state index contributed by atoms with van der Waals surface area (Å²) in [5.41, 5.74) is 4.49. The first-order valence-electron chi connectivity index (χ1n) is 8.70. The average Bonchev–Trinajstić information content (AvgIpc) is 2.67. The fraction of sp³-hybridized carbons (Fsp3) is 0.182. The van der Waals surface area contributed by atoms with Gasteiger partial charge in [-0.2, -0.15) is 0 Å². The number of nitrogens with one attached hydrogen (secondary N) is 1. The normalized spacial score (nSPS) is 10.6.